The minimum atomic E-state index is -0.00988. The molecule has 1 aromatic heterocycles. The van der Waals surface area contributed by atoms with E-state index in [1.165, 1.54) is 6.33 Å². The number of anilines is 1. The standard InChI is InChI=1S/C11H19N3O2/c1-4-12-10-6-11(14-8-13-10)16-9(3)7-15-5-2/h6,8-9H,4-5,7H2,1-3H3,(H,12,13,14). The van der Waals surface area contributed by atoms with E-state index in [0.29, 0.717) is 19.1 Å². The Morgan fingerprint density at radius 3 is 2.88 bits per heavy atom. The fourth-order valence-corrected chi connectivity index (χ4v) is 1.21. The molecule has 0 aromatic carbocycles. The van der Waals surface area contributed by atoms with E-state index in [0.717, 1.165) is 12.4 Å². The Hall–Kier alpha value is -1.36. The van der Waals surface area contributed by atoms with Gasteiger partial charge >= 0.3 is 0 Å². The summed E-state index contributed by atoms with van der Waals surface area (Å²) in [5, 5.41) is 3.10. The summed E-state index contributed by atoms with van der Waals surface area (Å²) in [6, 6.07) is 1.78. The van der Waals surface area contributed by atoms with Gasteiger partial charge in [-0.25, -0.2) is 9.97 Å². The van der Waals surface area contributed by atoms with Gasteiger partial charge in [-0.05, 0) is 20.8 Å². The van der Waals surface area contributed by atoms with Crippen LogP contribution in [-0.4, -0.2) is 35.8 Å². The Morgan fingerprint density at radius 2 is 2.19 bits per heavy atom. The van der Waals surface area contributed by atoms with Gasteiger partial charge in [0.2, 0.25) is 5.88 Å². The van der Waals surface area contributed by atoms with Gasteiger partial charge in [0.15, 0.2) is 0 Å². The minimum Gasteiger partial charge on any atom is -0.472 e. The average Bonchev–Trinajstić information content (AvgIpc) is 2.27. The lowest BCUT2D eigenvalue weighted by Gasteiger charge is -2.13. The molecule has 0 amide bonds. The van der Waals surface area contributed by atoms with Crippen LogP contribution in [-0.2, 0) is 4.74 Å². The summed E-state index contributed by atoms with van der Waals surface area (Å²) in [6.45, 7) is 8.01. The van der Waals surface area contributed by atoms with Crippen molar-refractivity contribution in [1.82, 2.24) is 9.97 Å². The SMILES string of the molecule is CCNc1cc(OC(C)COCC)ncn1. The molecule has 0 fully saturated rings. The highest BCUT2D eigenvalue weighted by molar-refractivity contribution is 5.36. The van der Waals surface area contributed by atoms with Crippen molar-refractivity contribution in [3.8, 4) is 5.88 Å². The molecule has 0 aliphatic heterocycles. The summed E-state index contributed by atoms with van der Waals surface area (Å²) < 4.78 is 10.8. The zero-order valence-electron chi connectivity index (χ0n) is 10.1. The Bertz CT molecular complexity index is 307. The van der Waals surface area contributed by atoms with E-state index in [4.69, 9.17) is 9.47 Å². The summed E-state index contributed by atoms with van der Waals surface area (Å²) >= 11 is 0. The number of hydrogen-bond donors (Lipinski definition) is 1. The van der Waals surface area contributed by atoms with Crippen molar-refractivity contribution in [2.45, 2.75) is 26.9 Å². The largest absolute Gasteiger partial charge is 0.472 e. The molecular formula is C11H19N3O2. The molecule has 1 rings (SSSR count). The van der Waals surface area contributed by atoms with Gasteiger partial charge in [0.1, 0.15) is 18.2 Å². The lowest BCUT2D eigenvalue weighted by Crippen LogP contribution is -2.19. The zero-order chi connectivity index (χ0) is 11.8. The first-order valence-corrected chi connectivity index (χ1v) is 5.56. The van der Waals surface area contributed by atoms with E-state index in [9.17, 15) is 0 Å². The van der Waals surface area contributed by atoms with Crippen LogP contribution in [0.1, 0.15) is 20.8 Å². The molecule has 5 nitrogen and oxygen atoms in total. The van der Waals surface area contributed by atoms with Crippen molar-refractivity contribution in [2.75, 3.05) is 25.1 Å². The highest BCUT2D eigenvalue weighted by atomic mass is 16.5. The molecule has 1 aromatic rings. The molecule has 0 spiro atoms. The van der Waals surface area contributed by atoms with Crippen molar-refractivity contribution in [3.63, 3.8) is 0 Å². The van der Waals surface area contributed by atoms with Crippen LogP contribution < -0.4 is 10.1 Å². The number of ether oxygens (including phenoxy) is 2. The molecule has 5 heteroatoms. The quantitative estimate of drug-likeness (QED) is 0.765. The van der Waals surface area contributed by atoms with Crippen molar-refractivity contribution in [3.05, 3.63) is 12.4 Å². The normalized spacial score (nSPS) is 12.2. The average molecular weight is 225 g/mol. The molecule has 0 saturated carbocycles. The minimum absolute atomic E-state index is 0.00988. The van der Waals surface area contributed by atoms with Crippen LogP contribution in [0.25, 0.3) is 0 Å². The van der Waals surface area contributed by atoms with Crippen molar-refractivity contribution in [1.29, 1.82) is 0 Å². The second-order valence-electron chi connectivity index (χ2n) is 3.36. The second-order valence-corrected chi connectivity index (χ2v) is 3.36. The number of nitrogens with one attached hydrogen (secondary N) is 1. The summed E-state index contributed by atoms with van der Waals surface area (Å²) in [6.07, 6.45) is 1.48. The van der Waals surface area contributed by atoms with Gasteiger partial charge in [-0.15, -0.1) is 0 Å². The molecule has 0 radical (unpaired) electrons. The summed E-state index contributed by atoms with van der Waals surface area (Å²) in [5.74, 6) is 1.34. The summed E-state index contributed by atoms with van der Waals surface area (Å²) in [4.78, 5) is 8.11. The molecule has 0 aliphatic rings. The lowest BCUT2D eigenvalue weighted by molar-refractivity contribution is 0.0633. The summed E-state index contributed by atoms with van der Waals surface area (Å²) in [7, 11) is 0. The van der Waals surface area contributed by atoms with Gasteiger partial charge in [-0.1, -0.05) is 0 Å². The first-order chi connectivity index (χ1) is 7.76. The monoisotopic (exact) mass is 225 g/mol. The molecule has 0 aliphatic carbocycles. The van der Waals surface area contributed by atoms with Crippen LogP contribution in [0.2, 0.25) is 0 Å². The van der Waals surface area contributed by atoms with Crippen molar-refractivity contribution < 1.29 is 9.47 Å². The molecular weight excluding hydrogens is 206 g/mol. The smallest absolute Gasteiger partial charge is 0.218 e. The van der Waals surface area contributed by atoms with E-state index in [2.05, 4.69) is 15.3 Å². The van der Waals surface area contributed by atoms with E-state index in [1.807, 2.05) is 20.8 Å². The highest BCUT2D eigenvalue weighted by Gasteiger charge is 2.05. The van der Waals surface area contributed by atoms with Gasteiger partial charge in [0.25, 0.3) is 0 Å². The number of nitrogens with zero attached hydrogens (tertiary/aromatic N) is 2. The number of hydrogen-bond acceptors (Lipinski definition) is 5. The molecule has 0 saturated heterocycles. The topological polar surface area (TPSA) is 56.3 Å². The Morgan fingerprint density at radius 1 is 1.38 bits per heavy atom. The summed E-state index contributed by atoms with van der Waals surface area (Å²) in [5.41, 5.74) is 0. The highest BCUT2D eigenvalue weighted by Crippen LogP contribution is 2.12. The van der Waals surface area contributed by atoms with E-state index in [-0.39, 0.29) is 6.10 Å². The molecule has 0 bridgehead atoms. The van der Waals surface area contributed by atoms with Crippen LogP contribution in [0.5, 0.6) is 5.88 Å². The van der Waals surface area contributed by atoms with E-state index >= 15 is 0 Å². The molecule has 1 atom stereocenters. The molecule has 1 N–H and O–H groups in total. The van der Waals surface area contributed by atoms with Crippen LogP contribution in [0.4, 0.5) is 5.82 Å². The lowest BCUT2D eigenvalue weighted by atomic mass is 10.4. The van der Waals surface area contributed by atoms with Crippen LogP contribution in [0, 0.1) is 0 Å². The van der Waals surface area contributed by atoms with Gasteiger partial charge in [-0.2, -0.15) is 0 Å². The third-order valence-corrected chi connectivity index (χ3v) is 1.88. The molecule has 90 valence electrons. The Labute approximate surface area is 96.2 Å². The Balaban J connectivity index is 2.49. The number of aromatic nitrogens is 2. The Kier molecular flexibility index (Phi) is 5.56. The molecule has 1 heterocycles. The van der Waals surface area contributed by atoms with Crippen LogP contribution >= 0.6 is 0 Å². The van der Waals surface area contributed by atoms with Gasteiger partial charge < -0.3 is 14.8 Å². The van der Waals surface area contributed by atoms with Crippen molar-refractivity contribution >= 4 is 5.82 Å². The molecule has 16 heavy (non-hydrogen) atoms. The van der Waals surface area contributed by atoms with Crippen LogP contribution in [0.15, 0.2) is 12.4 Å². The second kappa shape index (κ2) is 7.00. The van der Waals surface area contributed by atoms with Crippen molar-refractivity contribution in [2.24, 2.45) is 0 Å². The van der Waals surface area contributed by atoms with Gasteiger partial charge in [0, 0.05) is 19.2 Å². The van der Waals surface area contributed by atoms with E-state index in [1.54, 1.807) is 6.07 Å². The van der Waals surface area contributed by atoms with Gasteiger partial charge in [-0.3, -0.25) is 0 Å². The van der Waals surface area contributed by atoms with E-state index < -0.39 is 0 Å². The number of rotatable bonds is 7. The molecule has 1 unspecified atom stereocenters. The maximum Gasteiger partial charge on any atom is 0.218 e. The predicted octanol–water partition coefficient (Wildman–Crippen LogP) is 1.71. The zero-order valence-corrected chi connectivity index (χ0v) is 10.1. The maximum atomic E-state index is 5.59. The third-order valence-electron chi connectivity index (χ3n) is 1.88. The fourth-order valence-electron chi connectivity index (χ4n) is 1.21. The first-order valence-electron chi connectivity index (χ1n) is 5.56. The first kappa shape index (κ1) is 12.7. The van der Waals surface area contributed by atoms with Gasteiger partial charge in [0.05, 0.1) is 6.61 Å². The maximum absolute atomic E-state index is 5.59. The third kappa shape index (κ3) is 4.44. The fraction of sp³-hybridized carbons (Fsp3) is 0.636. The predicted molar refractivity (Wildman–Crippen MR) is 62.8 cm³/mol. The van der Waals surface area contributed by atoms with Crippen LogP contribution in [0.3, 0.4) is 0 Å².